The molecule has 0 saturated carbocycles. The van der Waals surface area contributed by atoms with Gasteiger partial charge in [-0.1, -0.05) is 23.2 Å². The fourth-order valence-electron chi connectivity index (χ4n) is 4.32. The third-order valence-electron chi connectivity index (χ3n) is 6.44. The van der Waals surface area contributed by atoms with E-state index < -0.39 is 23.5 Å². The van der Waals surface area contributed by atoms with Crippen molar-refractivity contribution in [2.75, 3.05) is 46.6 Å². The highest BCUT2D eigenvalue weighted by Crippen LogP contribution is 2.36. The number of halogens is 6. The molecule has 0 aromatic carbocycles. The van der Waals surface area contributed by atoms with Gasteiger partial charge in [0.1, 0.15) is 11.6 Å². The molecule has 2 aromatic heterocycles. The quantitative estimate of drug-likeness (QED) is 0.377. The lowest BCUT2D eigenvalue weighted by molar-refractivity contribution is -0.0226. The first-order valence-electron chi connectivity index (χ1n) is 12.3. The molecule has 0 atom stereocenters. The largest absolute Gasteiger partial charge is 0.465 e. The molecule has 39 heavy (non-hydrogen) atoms. The molecule has 2 fully saturated rings. The molecular formula is C25H32Cl2F4N6O2. The van der Waals surface area contributed by atoms with Crippen LogP contribution in [0.5, 0.6) is 0 Å². The minimum absolute atomic E-state index is 0.145. The van der Waals surface area contributed by atoms with Crippen LogP contribution in [0.15, 0.2) is 24.5 Å². The number of aromatic nitrogens is 2. The van der Waals surface area contributed by atoms with Crippen LogP contribution >= 0.6 is 23.2 Å². The number of nitrogen functional groups attached to an aromatic ring is 1. The summed E-state index contributed by atoms with van der Waals surface area (Å²) >= 11 is 12.2. The Balaban J connectivity index is 0.000000230. The van der Waals surface area contributed by atoms with E-state index in [9.17, 15) is 27.5 Å². The fraction of sp³-hybridized carbons (Fsp3) is 0.560. The predicted molar refractivity (Wildman–Crippen MR) is 146 cm³/mol. The van der Waals surface area contributed by atoms with Gasteiger partial charge in [-0.2, -0.15) is 0 Å². The van der Waals surface area contributed by atoms with Crippen molar-refractivity contribution in [3.05, 3.63) is 34.6 Å². The number of hydrogen-bond donors (Lipinski definition) is 2. The second-order valence-corrected chi connectivity index (χ2v) is 11.3. The fourth-order valence-corrected chi connectivity index (χ4v) is 4.86. The van der Waals surface area contributed by atoms with E-state index >= 15 is 0 Å². The number of hydrogen-bond acceptors (Lipinski definition) is 6. The number of pyridine rings is 2. The Bertz CT molecular complexity index is 1160. The number of rotatable bonds is 3. The van der Waals surface area contributed by atoms with Crippen molar-refractivity contribution < 1.29 is 27.5 Å². The standard InChI is InChI=1S/C15H20ClF2N3O2.C10H12ClF2N3/c1-14(2,3)21(13(22)23)12-8-10(16)11(9-19-12)20-6-4-15(17,18)5-7-20;11-7-5-9(14)15-6-8(7)16-3-1-10(12,13)2-4-16/h8-9H,4-7H2,1-3H3,(H,22,23);5-6H,1-4H2,(H2,14,15). The number of carboxylic acid groups (broad SMARTS) is 1. The highest BCUT2D eigenvalue weighted by atomic mass is 35.5. The third-order valence-corrected chi connectivity index (χ3v) is 7.04. The second kappa shape index (κ2) is 11.8. The van der Waals surface area contributed by atoms with Crippen LogP contribution in [0.25, 0.3) is 0 Å². The van der Waals surface area contributed by atoms with E-state index in [1.165, 1.54) is 24.5 Å². The second-order valence-electron chi connectivity index (χ2n) is 10.5. The highest BCUT2D eigenvalue weighted by molar-refractivity contribution is 6.33. The van der Waals surface area contributed by atoms with Gasteiger partial charge in [0.25, 0.3) is 11.8 Å². The van der Waals surface area contributed by atoms with E-state index in [0.29, 0.717) is 27.2 Å². The highest BCUT2D eigenvalue weighted by Gasteiger charge is 2.36. The molecule has 1 amide bonds. The molecule has 2 saturated heterocycles. The smallest absolute Gasteiger partial charge is 0.413 e. The lowest BCUT2D eigenvalue weighted by atomic mass is 10.1. The number of nitrogens with zero attached hydrogens (tertiary/aromatic N) is 5. The summed E-state index contributed by atoms with van der Waals surface area (Å²) in [6.07, 6.45) is 1.10. The molecular weight excluding hydrogens is 563 g/mol. The molecule has 0 unspecified atom stereocenters. The minimum atomic E-state index is -2.64. The molecule has 216 valence electrons. The van der Waals surface area contributed by atoms with Gasteiger partial charge in [-0.15, -0.1) is 0 Å². The van der Waals surface area contributed by atoms with Gasteiger partial charge in [-0.25, -0.2) is 32.3 Å². The first kappa shape index (κ1) is 30.8. The molecule has 4 heterocycles. The number of amides is 1. The van der Waals surface area contributed by atoms with Crippen molar-refractivity contribution in [1.82, 2.24) is 9.97 Å². The van der Waals surface area contributed by atoms with E-state index in [1.807, 2.05) is 4.90 Å². The first-order chi connectivity index (χ1) is 18.0. The van der Waals surface area contributed by atoms with E-state index in [-0.39, 0.29) is 57.7 Å². The van der Waals surface area contributed by atoms with Crippen molar-refractivity contribution >= 4 is 52.3 Å². The van der Waals surface area contributed by atoms with Crippen LogP contribution in [-0.4, -0.2) is 64.7 Å². The summed E-state index contributed by atoms with van der Waals surface area (Å²) in [5.74, 6) is -4.65. The maximum Gasteiger partial charge on any atom is 0.413 e. The molecule has 0 bridgehead atoms. The molecule has 3 N–H and O–H groups in total. The van der Waals surface area contributed by atoms with Crippen LogP contribution in [-0.2, 0) is 0 Å². The number of carbonyl (C=O) groups is 1. The van der Waals surface area contributed by atoms with Crippen LogP contribution < -0.4 is 20.4 Å². The van der Waals surface area contributed by atoms with Gasteiger partial charge in [0, 0.05) is 69.5 Å². The number of anilines is 4. The normalized spacial score (nSPS) is 18.7. The lowest BCUT2D eigenvalue weighted by Crippen LogP contribution is -2.45. The predicted octanol–water partition coefficient (Wildman–Crippen LogP) is 6.81. The van der Waals surface area contributed by atoms with Gasteiger partial charge >= 0.3 is 6.09 Å². The van der Waals surface area contributed by atoms with Crippen LogP contribution in [0.3, 0.4) is 0 Å². The Hall–Kier alpha value is -2.73. The molecule has 0 spiro atoms. The van der Waals surface area contributed by atoms with Gasteiger partial charge in [-0.05, 0) is 20.8 Å². The average molecular weight is 595 g/mol. The van der Waals surface area contributed by atoms with Crippen molar-refractivity contribution in [2.45, 2.75) is 63.8 Å². The molecule has 2 aliphatic rings. The van der Waals surface area contributed by atoms with Gasteiger partial charge in [0.2, 0.25) is 0 Å². The number of nitrogens with two attached hydrogens (primary N) is 1. The topological polar surface area (TPSA) is 98.8 Å². The van der Waals surface area contributed by atoms with E-state index in [4.69, 9.17) is 28.9 Å². The Morgan fingerprint density at radius 2 is 1.31 bits per heavy atom. The maximum atomic E-state index is 13.2. The molecule has 0 aliphatic carbocycles. The van der Waals surface area contributed by atoms with Gasteiger partial charge < -0.3 is 20.6 Å². The maximum absolute atomic E-state index is 13.2. The summed E-state index contributed by atoms with van der Waals surface area (Å²) in [5, 5.41) is 10.1. The number of alkyl halides is 4. The molecule has 2 aliphatic heterocycles. The summed E-state index contributed by atoms with van der Waals surface area (Å²) in [4.78, 5) is 24.2. The van der Waals surface area contributed by atoms with Gasteiger partial charge in [-0.3, -0.25) is 4.90 Å². The van der Waals surface area contributed by atoms with Gasteiger partial charge in [0.15, 0.2) is 0 Å². The van der Waals surface area contributed by atoms with Crippen LogP contribution in [0, 0.1) is 0 Å². The SMILES string of the molecule is CC(C)(C)N(C(=O)O)c1cc(Cl)c(N2CCC(F)(F)CC2)cn1.Nc1cc(Cl)c(N2CCC(F)(F)CC2)cn1. The summed E-state index contributed by atoms with van der Waals surface area (Å²) in [7, 11) is 0. The Labute approximate surface area is 234 Å². The number of piperidine rings is 2. The summed E-state index contributed by atoms with van der Waals surface area (Å²) in [6.45, 7) is 6.20. The lowest BCUT2D eigenvalue weighted by Gasteiger charge is -2.35. The van der Waals surface area contributed by atoms with E-state index in [0.717, 1.165) is 4.90 Å². The monoisotopic (exact) mass is 594 g/mol. The van der Waals surface area contributed by atoms with Crippen molar-refractivity contribution in [2.24, 2.45) is 0 Å². The minimum Gasteiger partial charge on any atom is -0.465 e. The van der Waals surface area contributed by atoms with Crippen molar-refractivity contribution in [3.8, 4) is 0 Å². The van der Waals surface area contributed by atoms with Crippen LogP contribution in [0.4, 0.5) is 45.4 Å². The summed E-state index contributed by atoms with van der Waals surface area (Å²) in [6, 6.07) is 2.99. The zero-order valence-electron chi connectivity index (χ0n) is 21.9. The van der Waals surface area contributed by atoms with E-state index in [2.05, 4.69) is 9.97 Å². The van der Waals surface area contributed by atoms with Crippen LogP contribution in [0.2, 0.25) is 10.0 Å². The summed E-state index contributed by atoms with van der Waals surface area (Å²) < 4.78 is 52.4. The molecule has 0 radical (unpaired) electrons. The van der Waals surface area contributed by atoms with Crippen molar-refractivity contribution in [1.29, 1.82) is 0 Å². The molecule has 2 aromatic rings. The molecule has 4 rings (SSSR count). The zero-order chi connectivity index (χ0) is 29.2. The zero-order valence-corrected chi connectivity index (χ0v) is 23.4. The van der Waals surface area contributed by atoms with E-state index in [1.54, 1.807) is 25.7 Å². The van der Waals surface area contributed by atoms with Gasteiger partial charge in [0.05, 0.1) is 33.8 Å². The average Bonchev–Trinajstić information content (AvgIpc) is 2.79. The molecule has 14 heteroatoms. The van der Waals surface area contributed by atoms with Crippen LogP contribution in [0.1, 0.15) is 46.5 Å². The third kappa shape index (κ3) is 8.14. The Morgan fingerprint density at radius 1 is 0.897 bits per heavy atom. The summed E-state index contributed by atoms with van der Waals surface area (Å²) in [5.41, 5.74) is 6.00. The first-order valence-corrected chi connectivity index (χ1v) is 13.1. The molecule has 8 nitrogen and oxygen atoms in total. The Kier molecular flexibility index (Phi) is 9.31. The Morgan fingerprint density at radius 3 is 1.67 bits per heavy atom. The van der Waals surface area contributed by atoms with Crippen molar-refractivity contribution in [3.63, 3.8) is 0 Å².